The molecule has 0 aromatic rings. The number of alkyl halides is 1. The van der Waals surface area contributed by atoms with Crippen molar-refractivity contribution in [3.63, 3.8) is 0 Å². The molecule has 0 spiro atoms. The zero-order valence-electron chi connectivity index (χ0n) is 6.06. The van der Waals surface area contributed by atoms with Crippen molar-refractivity contribution in [2.45, 2.75) is 13.8 Å². The summed E-state index contributed by atoms with van der Waals surface area (Å²) < 4.78 is 4.88. The first kappa shape index (κ1) is 9.43. The number of aliphatic imine (C=N–C) groups is 1. The summed E-state index contributed by atoms with van der Waals surface area (Å²) in [5, 5.41) is 0. The highest BCUT2D eigenvalue weighted by Crippen LogP contribution is 1.85. The van der Waals surface area contributed by atoms with Crippen LogP contribution in [0.2, 0.25) is 0 Å². The molecule has 0 aliphatic rings. The van der Waals surface area contributed by atoms with Crippen LogP contribution >= 0.6 is 11.6 Å². The summed E-state index contributed by atoms with van der Waals surface area (Å²) in [5.41, 5.74) is 0. The Hall–Kier alpha value is -0.570. The van der Waals surface area contributed by atoms with Crippen molar-refractivity contribution in [2.24, 2.45) is 4.99 Å². The van der Waals surface area contributed by atoms with Gasteiger partial charge >= 0.3 is 0 Å². The zero-order chi connectivity index (χ0) is 7.98. The smallest absolute Gasteiger partial charge is 0.263 e. The lowest BCUT2D eigenvalue weighted by Crippen LogP contribution is -2.04. The number of amides is 1. The van der Waals surface area contributed by atoms with Gasteiger partial charge in [0, 0.05) is 6.92 Å². The minimum Gasteiger partial charge on any atom is -0.481 e. The molecule has 10 heavy (non-hydrogen) atoms. The van der Waals surface area contributed by atoms with Gasteiger partial charge in [0.1, 0.15) is 5.88 Å². The molecule has 0 aliphatic heterocycles. The summed E-state index contributed by atoms with van der Waals surface area (Å²) in [6.07, 6.45) is 0. The van der Waals surface area contributed by atoms with Crippen molar-refractivity contribution >= 4 is 23.4 Å². The van der Waals surface area contributed by atoms with Gasteiger partial charge in [-0.2, -0.15) is 4.99 Å². The SMILES string of the molecule is CCO/C(C)=N/C(=O)CCl. The molecule has 0 aromatic carbocycles. The van der Waals surface area contributed by atoms with E-state index < -0.39 is 0 Å². The van der Waals surface area contributed by atoms with E-state index in [1.165, 1.54) is 0 Å². The average Bonchev–Trinajstić information content (AvgIpc) is 1.88. The maximum absolute atomic E-state index is 10.5. The van der Waals surface area contributed by atoms with E-state index in [9.17, 15) is 4.79 Å². The Morgan fingerprint density at radius 2 is 2.30 bits per heavy atom. The predicted octanol–water partition coefficient (Wildman–Crippen LogP) is 1.21. The van der Waals surface area contributed by atoms with Gasteiger partial charge in [-0.15, -0.1) is 11.6 Å². The second kappa shape index (κ2) is 5.23. The largest absolute Gasteiger partial charge is 0.481 e. The third-order valence-corrected chi connectivity index (χ3v) is 0.978. The summed E-state index contributed by atoms with van der Waals surface area (Å²) in [6, 6.07) is 0. The van der Waals surface area contributed by atoms with Crippen molar-refractivity contribution < 1.29 is 9.53 Å². The van der Waals surface area contributed by atoms with E-state index in [0.29, 0.717) is 12.5 Å². The van der Waals surface area contributed by atoms with Gasteiger partial charge in [0.25, 0.3) is 5.91 Å². The molecule has 0 fully saturated rings. The van der Waals surface area contributed by atoms with Crippen LogP contribution in [-0.4, -0.2) is 24.3 Å². The van der Waals surface area contributed by atoms with Crippen LogP contribution < -0.4 is 0 Å². The summed E-state index contributed by atoms with van der Waals surface area (Å²) in [4.78, 5) is 14.0. The van der Waals surface area contributed by atoms with Crippen molar-refractivity contribution in [3.8, 4) is 0 Å². The Morgan fingerprint density at radius 1 is 1.70 bits per heavy atom. The predicted molar refractivity (Wildman–Crippen MR) is 40.5 cm³/mol. The summed E-state index contributed by atoms with van der Waals surface area (Å²) in [6.45, 7) is 3.96. The van der Waals surface area contributed by atoms with Crippen LogP contribution in [0.25, 0.3) is 0 Å². The number of ether oxygens (including phenoxy) is 1. The quantitative estimate of drug-likeness (QED) is 0.349. The highest BCUT2D eigenvalue weighted by atomic mass is 35.5. The Balaban J connectivity index is 3.77. The van der Waals surface area contributed by atoms with Crippen molar-refractivity contribution in [2.75, 3.05) is 12.5 Å². The number of carbonyl (C=O) groups excluding carboxylic acids is 1. The zero-order valence-corrected chi connectivity index (χ0v) is 6.81. The molecule has 0 saturated carbocycles. The Morgan fingerprint density at radius 3 is 2.70 bits per heavy atom. The molecule has 0 aliphatic carbocycles. The molecule has 0 N–H and O–H groups in total. The lowest BCUT2D eigenvalue weighted by Gasteiger charge is -1.98. The number of hydrogen-bond acceptors (Lipinski definition) is 2. The lowest BCUT2D eigenvalue weighted by molar-refractivity contribution is -0.115. The van der Waals surface area contributed by atoms with Crippen LogP contribution in [-0.2, 0) is 9.53 Å². The number of carbonyl (C=O) groups is 1. The van der Waals surface area contributed by atoms with Crippen molar-refractivity contribution in [1.29, 1.82) is 0 Å². The van der Waals surface area contributed by atoms with E-state index in [1.807, 2.05) is 6.92 Å². The van der Waals surface area contributed by atoms with Crippen LogP contribution in [0.5, 0.6) is 0 Å². The second-order valence-electron chi connectivity index (χ2n) is 1.59. The number of hydrogen-bond donors (Lipinski definition) is 0. The third-order valence-electron chi connectivity index (χ3n) is 0.750. The Bertz CT molecular complexity index is 145. The standard InChI is InChI=1S/C6H10ClNO2/c1-3-10-5(2)8-6(9)4-7/h3-4H2,1-2H3/b8-5+. The van der Waals surface area contributed by atoms with E-state index in [-0.39, 0.29) is 11.8 Å². The normalized spacial score (nSPS) is 11.3. The van der Waals surface area contributed by atoms with Crippen molar-refractivity contribution in [1.82, 2.24) is 0 Å². The number of nitrogens with zero attached hydrogens (tertiary/aromatic N) is 1. The second-order valence-corrected chi connectivity index (χ2v) is 1.86. The van der Waals surface area contributed by atoms with E-state index in [0.717, 1.165) is 0 Å². The van der Waals surface area contributed by atoms with Crippen LogP contribution in [0.4, 0.5) is 0 Å². The molecular weight excluding hydrogens is 154 g/mol. The van der Waals surface area contributed by atoms with E-state index in [1.54, 1.807) is 6.92 Å². The molecule has 3 nitrogen and oxygen atoms in total. The maximum Gasteiger partial charge on any atom is 0.263 e. The molecule has 0 rings (SSSR count). The summed E-state index contributed by atoms with van der Waals surface area (Å²) >= 11 is 5.18. The van der Waals surface area contributed by atoms with E-state index in [4.69, 9.17) is 16.3 Å². The molecule has 0 bridgehead atoms. The topological polar surface area (TPSA) is 38.7 Å². The minimum absolute atomic E-state index is 0.0928. The maximum atomic E-state index is 10.5. The molecular formula is C6H10ClNO2. The van der Waals surface area contributed by atoms with Gasteiger partial charge in [-0.25, -0.2) is 0 Å². The number of rotatable bonds is 2. The minimum atomic E-state index is -0.368. The van der Waals surface area contributed by atoms with E-state index in [2.05, 4.69) is 4.99 Å². The Kier molecular flexibility index (Phi) is 4.94. The molecule has 0 saturated heterocycles. The fourth-order valence-corrected chi connectivity index (χ4v) is 0.506. The first-order valence-corrected chi connectivity index (χ1v) is 3.51. The molecule has 0 atom stereocenters. The lowest BCUT2D eigenvalue weighted by atomic mass is 10.7. The van der Waals surface area contributed by atoms with Gasteiger partial charge in [-0.3, -0.25) is 4.79 Å². The Labute approximate surface area is 65.0 Å². The highest BCUT2D eigenvalue weighted by Gasteiger charge is 1.96. The van der Waals surface area contributed by atoms with Crippen LogP contribution in [0.3, 0.4) is 0 Å². The molecule has 0 unspecified atom stereocenters. The molecule has 0 radical (unpaired) electrons. The van der Waals surface area contributed by atoms with Crippen LogP contribution in [0.1, 0.15) is 13.8 Å². The van der Waals surface area contributed by atoms with Gasteiger partial charge in [-0.05, 0) is 6.92 Å². The van der Waals surface area contributed by atoms with Gasteiger partial charge in [0.2, 0.25) is 0 Å². The van der Waals surface area contributed by atoms with Gasteiger partial charge in [-0.1, -0.05) is 0 Å². The van der Waals surface area contributed by atoms with Gasteiger partial charge in [0.15, 0.2) is 5.90 Å². The third kappa shape index (κ3) is 4.32. The van der Waals surface area contributed by atoms with Gasteiger partial charge < -0.3 is 4.74 Å². The monoisotopic (exact) mass is 163 g/mol. The fourth-order valence-electron chi connectivity index (χ4n) is 0.447. The fraction of sp³-hybridized carbons (Fsp3) is 0.667. The molecule has 58 valence electrons. The number of halogens is 1. The molecule has 4 heteroatoms. The summed E-state index contributed by atoms with van der Waals surface area (Å²) in [5.74, 6) is -0.0921. The first-order valence-electron chi connectivity index (χ1n) is 2.97. The van der Waals surface area contributed by atoms with Gasteiger partial charge in [0.05, 0.1) is 6.61 Å². The molecule has 0 aromatic heterocycles. The summed E-state index contributed by atoms with van der Waals surface area (Å²) in [7, 11) is 0. The highest BCUT2D eigenvalue weighted by molar-refractivity contribution is 6.28. The van der Waals surface area contributed by atoms with Crippen LogP contribution in [0.15, 0.2) is 4.99 Å². The van der Waals surface area contributed by atoms with Crippen molar-refractivity contribution in [3.05, 3.63) is 0 Å². The first-order chi connectivity index (χ1) is 4.70. The molecule has 0 heterocycles. The van der Waals surface area contributed by atoms with Crippen LogP contribution in [0, 0.1) is 0 Å². The average molecular weight is 164 g/mol. The van der Waals surface area contributed by atoms with E-state index >= 15 is 0 Å². The molecule has 1 amide bonds.